The summed E-state index contributed by atoms with van der Waals surface area (Å²) in [7, 11) is 3.77. The maximum Gasteiger partial charge on any atom is 0.311 e. The molecule has 1 aromatic heterocycles. The summed E-state index contributed by atoms with van der Waals surface area (Å²) in [6, 6.07) is -0.794. The Morgan fingerprint density at radius 1 is 1.06 bits per heavy atom. The second-order valence-electron chi connectivity index (χ2n) is 16.4. The summed E-state index contributed by atoms with van der Waals surface area (Å²) in [5.41, 5.74) is -3.34. The van der Waals surface area contributed by atoms with E-state index in [0.29, 0.717) is 19.5 Å². The van der Waals surface area contributed by atoms with Gasteiger partial charge in [-0.3, -0.25) is 9.69 Å². The standard InChI is InChI=1S/C38H71N5O9S/c1-11-29-38(8,49)33(46)27(6)43(17-12-13-39-14-15-40-21-30-41-16-18-53-30)22-23(2)20-37(7,48)34(25(4)31(44)26(5)35(47)51-29)52-36-32(45)28(42(9)10)19-24(3)50-36/h16,18,23-29,31-34,36,39-40,44-46,48-49H,11-15,17,19-22H2,1-10H3/t23-,24-,25+,26-,27-,28+,29-,31+,32-,33-,34-,36+,37?,38-/m1/s1. The minimum Gasteiger partial charge on any atom is -0.459 e. The number of nitrogens with one attached hydrogen (secondary N) is 2. The maximum atomic E-state index is 13.6. The maximum absolute atomic E-state index is 13.6. The molecule has 0 aromatic carbocycles. The quantitative estimate of drug-likeness (QED) is 0.113. The summed E-state index contributed by atoms with van der Waals surface area (Å²) in [5.74, 6) is -2.75. The van der Waals surface area contributed by atoms with Crippen molar-refractivity contribution in [2.45, 2.75) is 154 Å². The second kappa shape index (κ2) is 20.7. The number of aromatic nitrogens is 1. The van der Waals surface area contributed by atoms with Gasteiger partial charge in [-0.15, -0.1) is 11.3 Å². The molecule has 2 aliphatic rings. The van der Waals surface area contributed by atoms with Crippen LogP contribution in [-0.4, -0.2) is 159 Å². The van der Waals surface area contributed by atoms with E-state index >= 15 is 0 Å². The number of nitrogens with zero attached hydrogens (tertiary/aromatic N) is 3. The van der Waals surface area contributed by atoms with Crippen LogP contribution >= 0.6 is 11.3 Å². The lowest BCUT2D eigenvalue weighted by Crippen LogP contribution is -2.59. The number of carbonyl (C=O) groups excluding carboxylic acids is 1. The molecule has 0 spiro atoms. The Morgan fingerprint density at radius 3 is 2.36 bits per heavy atom. The van der Waals surface area contributed by atoms with E-state index in [0.717, 1.165) is 37.6 Å². The zero-order valence-corrected chi connectivity index (χ0v) is 34.6. The molecule has 53 heavy (non-hydrogen) atoms. The molecule has 1 unspecified atom stereocenters. The number of aliphatic hydroxyl groups is 5. The van der Waals surface area contributed by atoms with E-state index in [1.807, 2.05) is 45.1 Å². The third kappa shape index (κ3) is 12.6. The average molecular weight is 774 g/mol. The molecule has 15 heteroatoms. The Kier molecular flexibility index (Phi) is 18.0. The van der Waals surface area contributed by atoms with Crippen molar-refractivity contribution in [1.82, 2.24) is 25.4 Å². The van der Waals surface area contributed by atoms with Crippen LogP contribution in [0.25, 0.3) is 0 Å². The Bertz CT molecular complexity index is 1210. The molecule has 2 saturated heterocycles. The van der Waals surface area contributed by atoms with Crippen LogP contribution in [0.3, 0.4) is 0 Å². The first-order valence-corrected chi connectivity index (χ1v) is 20.4. The van der Waals surface area contributed by atoms with Gasteiger partial charge in [0.05, 0.1) is 29.8 Å². The zero-order valence-electron chi connectivity index (χ0n) is 33.8. The minimum absolute atomic E-state index is 0.142. The average Bonchev–Trinajstić information content (AvgIpc) is 3.62. The summed E-state index contributed by atoms with van der Waals surface area (Å²) in [4.78, 5) is 21.9. The first kappa shape index (κ1) is 46.0. The van der Waals surface area contributed by atoms with E-state index in [9.17, 15) is 30.3 Å². The van der Waals surface area contributed by atoms with Crippen molar-refractivity contribution in [2.24, 2.45) is 17.8 Å². The third-order valence-corrected chi connectivity index (χ3v) is 12.1. The highest BCUT2D eigenvalue weighted by Gasteiger charge is 2.50. The number of likely N-dealkylation sites (N-methyl/N-ethyl adjacent to an activating group) is 1. The van der Waals surface area contributed by atoms with Gasteiger partial charge in [0.1, 0.15) is 28.9 Å². The highest BCUT2D eigenvalue weighted by atomic mass is 32.1. The fourth-order valence-corrected chi connectivity index (χ4v) is 8.73. The van der Waals surface area contributed by atoms with Gasteiger partial charge < -0.3 is 55.3 Å². The van der Waals surface area contributed by atoms with E-state index in [4.69, 9.17) is 14.2 Å². The van der Waals surface area contributed by atoms with E-state index < -0.39 is 71.9 Å². The van der Waals surface area contributed by atoms with Gasteiger partial charge in [-0.2, -0.15) is 0 Å². The summed E-state index contributed by atoms with van der Waals surface area (Å²) in [6.07, 6.45) is -3.42. The van der Waals surface area contributed by atoms with Crippen LogP contribution in [0.1, 0.15) is 86.1 Å². The fourth-order valence-electron chi connectivity index (χ4n) is 8.14. The number of aliphatic hydroxyl groups excluding tert-OH is 3. The Morgan fingerprint density at radius 2 is 1.74 bits per heavy atom. The molecule has 0 aliphatic carbocycles. The van der Waals surface area contributed by atoms with Crippen molar-refractivity contribution >= 4 is 17.3 Å². The summed E-state index contributed by atoms with van der Waals surface area (Å²) < 4.78 is 18.5. The molecule has 0 bridgehead atoms. The van der Waals surface area contributed by atoms with Gasteiger partial charge in [0.15, 0.2) is 6.29 Å². The van der Waals surface area contributed by atoms with Crippen LogP contribution in [0.5, 0.6) is 0 Å². The number of ether oxygens (including phenoxy) is 3. The molecule has 3 rings (SSSR count). The van der Waals surface area contributed by atoms with Crippen LogP contribution in [-0.2, 0) is 25.5 Å². The predicted molar refractivity (Wildman–Crippen MR) is 205 cm³/mol. The molecular weight excluding hydrogens is 703 g/mol. The molecule has 3 heterocycles. The molecule has 0 amide bonds. The molecule has 0 radical (unpaired) electrons. The van der Waals surface area contributed by atoms with Crippen LogP contribution in [0, 0.1) is 17.8 Å². The lowest BCUT2D eigenvalue weighted by atomic mass is 9.78. The highest BCUT2D eigenvalue weighted by Crippen LogP contribution is 2.36. The summed E-state index contributed by atoms with van der Waals surface area (Å²) >= 11 is 1.62. The lowest BCUT2D eigenvalue weighted by molar-refractivity contribution is -0.299. The van der Waals surface area contributed by atoms with Gasteiger partial charge in [-0.1, -0.05) is 20.8 Å². The number of rotatable bonds is 13. The monoisotopic (exact) mass is 773 g/mol. The topological polar surface area (TPSA) is 189 Å². The molecule has 2 fully saturated rings. The molecule has 308 valence electrons. The molecular formula is C38H71N5O9S. The molecule has 14 nitrogen and oxygen atoms in total. The van der Waals surface area contributed by atoms with Crippen LogP contribution in [0.4, 0.5) is 0 Å². The number of carbonyl (C=O) groups is 1. The smallest absolute Gasteiger partial charge is 0.311 e. The number of cyclic esters (lactones) is 1. The second-order valence-corrected chi connectivity index (χ2v) is 17.4. The molecule has 7 N–H and O–H groups in total. The van der Waals surface area contributed by atoms with Gasteiger partial charge >= 0.3 is 5.97 Å². The van der Waals surface area contributed by atoms with Gasteiger partial charge in [0, 0.05) is 55.8 Å². The van der Waals surface area contributed by atoms with Crippen molar-refractivity contribution in [3.05, 3.63) is 16.6 Å². The Balaban J connectivity index is 1.86. The SMILES string of the molecule is CC[C@H]1OC(=O)[C@H](C)[C@@H](O)[C@H](C)[C@@H](O[C@@H]2O[C@H](C)C[C@H](N(C)C)[C@H]2O)C(C)(O)C[C@@H](C)CN(CCCNCCNCc2nccs2)[C@H](C)[C@@H](O)[C@]1(C)O. The van der Waals surface area contributed by atoms with E-state index in [1.54, 1.807) is 45.2 Å². The van der Waals surface area contributed by atoms with E-state index in [2.05, 4.69) is 20.5 Å². The van der Waals surface area contributed by atoms with E-state index in [1.165, 1.54) is 6.92 Å². The Hall–Kier alpha value is -1.34. The molecule has 1 aromatic rings. The normalized spacial score (nSPS) is 40.1. The first-order valence-electron chi connectivity index (χ1n) is 19.5. The predicted octanol–water partition coefficient (Wildman–Crippen LogP) is 1.57. The molecule has 0 saturated carbocycles. The molecule has 14 atom stereocenters. The molecule has 2 aliphatic heterocycles. The summed E-state index contributed by atoms with van der Waals surface area (Å²) in [5, 5.41) is 68.6. The van der Waals surface area contributed by atoms with Crippen LogP contribution < -0.4 is 10.6 Å². The lowest BCUT2D eigenvalue weighted by Gasteiger charge is -2.46. The Labute approximate surface area is 321 Å². The van der Waals surface area contributed by atoms with E-state index in [-0.39, 0.29) is 30.9 Å². The van der Waals surface area contributed by atoms with Gasteiger partial charge in [0.2, 0.25) is 0 Å². The largest absolute Gasteiger partial charge is 0.459 e. The number of thiazole rings is 1. The van der Waals surface area contributed by atoms with Crippen molar-refractivity contribution in [1.29, 1.82) is 0 Å². The van der Waals surface area contributed by atoms with Gasteiger partial charge in [-0.05, 0) is 93.4 Å². The summed E-state index contributed by atoms with van der Waals surface area (Å²) in [6.45, 7) is 18.1. The number of hydrogen-bond donors (Lipinski definition) is 7. The number of hydrogen-bond acceptors (Lipinski definition) is 15. The fraction of sp³-hybridized carbons (Fsp3) is 0.895. The highest BCUT2D eigenvalue weighted by molar-refractivity contribution is 7.09. The van der Waals surface area contributed by atoms with Gasteiger partial charge in [0.25, 0.3) is 0 Å². The van der Waals surface area contributed by atoms with Crippen LogP contribution in [0.2, 0.25) is 0 Å². The zero-order chi connectivity index (χ0) is 39.7. The van der Waals surface area contributed by atoms with Crippen molar-refractivity contribution in [2.75, 3.05) is 46.8 Å². The van der Waals surface area contributed by atoms with Crippen molar-refractivity contribution in [3.63, 3.8) is 0 Å². The van der Waals surface area contributed by atoms with Crippen LogP contribution in [0.15, 0.2) is 11.6 Å². The minimum atomic E-state index is -1.80. The van der Waals surface area contributed by atoms with Gasteiger partial charge in [-0.25, -0.2) is 4.98 Å². The first-order chi connectivity index (χ1) is 24.8. The number of esters is 1. The van der Waals surface area contributed by atoms with Crippen molar-refractivity contribution in [3.8, 4) is 0 Å². The third-order valence-electron chi connectivity index (χ3n) is 11.3. The van der Waals surface area contributed by atoms with Crippen molar-refractivity contribution < 1.29 is 44.5 Å².